The van der Waals surface area contributed by atoms with Crippen LogP contribution in [0.15, 0.2) is 90.3 Å². The molecule has 0 atom stereocenters. The van der Waals surface area contributed by atoms with Crippen LogP contribution in [-0.4, -0.2) is 27.0 Å². The fraction of sp³-hybridized carbons (Fsp3) is 0.160. The monoisotopic (exact) mass is 419 g/mol. The first-order chi connectivity index (χ1) is 15.3. The van der Waals surface area contributed by atoms with Gasteiger partial charge in [0, 0.05) is 11.1 Å². The van der Waals surface area contributed by atoms with Gasteiger partial charge in [0.25, 0.3) is 0 Å². The van der Waals surface area contributed by atoms with Crippen LogP contribution in [-0.2, 0) is 26.0 Å². The Bertz CT molecular complexity index is 1000. The molecule has 0 bridgehead atoms. The third-order valence-corrected chi connectivity index (χ3v) is 4.26. The Balaban J connectivity index is 1.69. The normalized spacial score (nSPS) is 11.5. The van der Waals surface area contributed by atoms with Crippen LogP contribution in [0, 0.1) is 0 Å². The standard InChI is InChI=1S/C25H25NO5/c1-27-18-22(19-30-28-2)24-13-6-7-14-25(24)31-23-12-8-11-21(15-23)16-26-29-17-20-9-4-3-5-10-20/h3-16,18H,17,19H2,1-2H3. The van der Waals surface area contributed by atoms with Crippen LogP contribution >= 0.6 is 0 Å². The number of methoxy groups -OCH3 is 1. The average molecular weight is 419 g/mol. The molecule has 0 spiro atoms. The van der Waals surface area contributed by atoms with Gasteiger partial charge in [-0.1, -0.05) is 65.8 Å². The number of hydrogen-bond donors (Lipinski definition) is 0. The molecule has 0 heterocycles. The van der Waals surface area contributed by atoms with E-state index in [0.717, 1.165) is 22.3 Å². The lowest BCUT2D eigenvalue weighted by atomic mass is 10.1. The fourth-order valence-electron chi connectivity index (χ4n) is 2.83. The van der Waals surface area contributed by atoms with Crippen LogP contribution in [0.2, 0.25) is 0 Å². The van der Waals surface area contributed by atoms with E-state index in [1.807, 2.05) is 78.9 Å². The predicted octanol–water partition coefficient (Wildman–Crippen LogP) is 5.59. The number of ether oxygens (including phenoxy) is 2. The average Bonchev–Trinajstić information content (AvgIpc) is 2.81. The van der Waals surface area contributed by atoms with E-state index in [4.69, 9.17) is 24.1 Å². The molecule has 3 aromatic carbocycles. The van der Waals surface area contributed by atoms with Crippen LogP contribution in [0.5, 0.6) is 11.5 Å². The number of benzene rings is 3. The summed E-state index contributed by atoms with van der Waals surface area (Å²) in [7, 11) is 3.04. The minimum atomic E-state index is 0.218. The van der Waals surface area contributed by atoms with E-state index in [1.165, 1.54) is 7.11 Å². The van der Waals surface area contributed by atoms with Gasteiger partial charge in [0.05, 0.1) is 26.7 Å². The van der Waals surface area contributed by atoms with Crippen molar-refractivity contribution in [2.45, 2.75) is 6.61 Å². The maximum atomic E-state index is 6.14. The van der Waals surface area contributed by atoms with Crippen LogP contribution in [0.25, 0.3) is 5.57 Å². The minimum absolute atomic E-state index is 0.218. The van der Waals surface area contributed by atoms with Gasteiger partial charge in [0.1, 0.15) is 24.7 Å². The summed E-state index contributed by atoms with van der Waals surface area (Å²) in [5.74, 6) is 1.34. The van der Waals surface area contributed by atoms with Gasteiger partial charge >= 0.3 is 0 Å². The second-order valence-corrected chi connectivity index (χ2v) is 6.47. The number of hydrogen-bond acceptors (Lipinski definition) is 6. The van der Waals surface area contributed by atoms with E-state index in [-0.39, 0.29) is 6.61 Å². The molecule has 3 aromatic rings. The Morgan fingerprint density at radius 2 is 1.71 bits per heavy atom. The molecule has 3 rings (SSSR count). The topological polar surface area (TPSA) is 58.5 Å². The predicted molar refractivity (Wildman–Crippen MR) is 120 cm³/mol. The molecule has 0 saturated heterocycles. The van der Waals surface area contributed by atoms with Gasteiger partial charge in [0.2, 0.25) is 0 Å². The number of nitrogens with zero attached hydrogens (tertiary/aromatic N) is 1. The summed E-state index contributed by atoms with van der Waals surface area (Å²) < 4.78 is 11.3. The molecule has 6 heteroatoms. The SMILES string of the molecule is COC=C(COOC)c1ccccc1Oc1cccc(C=NOCc2ccccc2)c1. The summed E-state index contributed by atoms with van der Waals surface area (Å²) in [6.07, 6.45) is 3.26. The Morgan fingerprint density at radius 3 is 2.52 bits per heavy atom. The second-order valence-electron chi connectivity index (χ2n) is 6.47. The van der Waals surface area contributed by atoms with Gasteiger partial charge in [-0.25, -0.2) is 9.78 Å². The molecule has 0 fully saturated rings. The fourth-order valence-corrected chi connectivity index (χ4v) is 2.83. The quantitative estimate of drug-likeness (QED) is 0.175. The lowest BCUT2D eigenvalue weighted by Crippen LogP contribution is -2.00. The van der Waals surface area contributed by atoms with Gasteiger partial charge in [-0.05, 0) is 29.3 Å². The number of oxime groups is 1. The summed E-state index contributed by atoms with van der Waals surface area (Å²) >= 11 is 0. The number of rotatable bonds is 11. The molecule has 6 nitrogen and oxygen atoms in total. The van der Waals surface area contributed by atoms with E-state index < -0.39 is 0 Å². The molecule has 0 aliphatic carbocycles. The molecule has 0 saturated carbocycles. The van der Waals surface area contributed by atoms with E-state index in [9.17, 15) is 0 Å². The second kappa shape index (κ2) is 12.2. The van der Waals surface area contributed by atoms with Crippen molar-refractivity contribution in [3.8, 4) is 11.5 Å². The molecular weight excluding hydrogens is 394 g/mol. The van der Waals surface area contributed by atoms with Crippen molar-refractivity contribution in [3.05, 3.63) is 102 Å². The minimum Gasteiger partial charge on any atom is -0.504 e. The Morgan fingerprint density at radius 1 is 0.903 bits per heavy atom. The molecule has 0 aliphatic rings. The van der Waals surface area contributed by atoms with Crippen molar-refractivity contribution in [2.75, 3.05) is 20.8 Å². The zero-order valence-corrected chi connectivity index (χ0v) is 17.6. The van der Waals surface area contributed by atoms with Crippen LogP contribution in [0.3, 0.4) is 0 Å². The summed E-state index contributed by atoms with van der Waals surface area (Å²) in [6, 6.07) is 25.1. The van der Waals surface area contributed by atoms with E-state index in [2.05, 4.69) is 5.16 Å². The molecular formula is C25H25NO5. The Hall–Kier alpha value is -3.61. The Labute approximate surface area is 182 Å². The third-order valence-electron chi connectivity index (χ3n) is 4.26. The summed E-state index contributed by atoms with van der Waals surface area (Å²) in [4.78, 5) is 15.2. The van der Waals surface area contributed by atoms with Crippen LogP contribution < -0.4 is 4.74 Å². The van der Waals surface area contributed by atoms with Gasteiger partial charge in [-0.2, -0.15) is 0 Å². The van der Waals surface area contributed by atoms with Crippen LogP contribution in [0.1, 0.15) is 16.7 Å². The highest BCUT2D eigenvalue weighted by Gasteiger charge is 2.11. The zero-order valence-electron chi connectivity index (χ0n) is 17.6. The lowest BCUT2D eigenvalue weighted by Gasteiger charge is -2.13. The van der Waals surface area contributed by atoms with E-state index >= 15 is 0 Å². The molecule has 31 heavy (non-hydrogen) atoms. The van der Waals surface area contributed by atoms with Gasteiger partial charge in [-0.3, -0.25) is 0 Å². The first kappa shape index (κ1) is 22.1. The first-order valence-corrected chi connectivity index (χ1v) is 9.74. The highest BCUT2D eigenvalue weighted by atomic mass is 17.2. The van der Waals surface area contributed by atoms with Crippen molar-refractivity contribution in [1.29, 1.82) is 0 Å². The summed E-state index contributed by atoms with van der Waals surface area (Å²) in [6.45, 7) is 0.634. The molecule has 0 aliphatic heterocycles. The van der Waals surface area contributed by atoms with Gasteiger partial charge in [-0.15, -0.1) is 0 Å². The first-order valence-electron chi connectivity index (χ1n) is 9.74. The summed E-state index contributed by atoms with van der Waals surface area (Å²) in [5.41, 5.74) is 3.54. The van der Waals surface area contributed by atoms with Crippen molar-refractivity contribution in [2.24, 2.45) is 5.16 Å². The molecule has 0 aromatic heterocycles. The lowest BCUT2D eigenvalue weighted by molar-refractivity contribution is -0.261. The molecule has 0 unspecified atom stereocenters. The number of para-hydroxylation sites is 1. The largest absolute Gasteiger partial charge is 0.504 e. The maximum Gasteiger partial charge on any atom is 0.142 e. The van der Waals surface area contributed by atoms with Crippen molar-refractivity contribution < 1.29 is 24.1 Å². The molecule has 0 N–H and O–H groups in total. The molecule has 0 radical (unpaired) electrons. The maximum absolute atomic E-state index is 6.14. The third kappa shape index (κ3) is 6.99. The van der Waals surface area contributed by atoms with Crippen molar-refractivity contribution in [1.82, 2.24) is 0 Å². The van der Waals surface area contributed by atoms with Gasteiger partial charge < -0.3 is 14.3 Å². The van der Waals surface area contributed by atoms with Gasteiger partial charge in [0.15, 0.2) is 0 Å². The highest BCUT2D eigenvalue weighted by Crippen LogP contribution is 2.30. The van der Waals surface area contributed by atoms with E-state index in [1.54, 1.807) is 19.6 Å². The van der Waals surface area contributed by atoms with Crippen molar-refractivity contribution >= 4 is 11.8 Å². The summed E-state index contributed by atoms with van der Waals surface area (Å²) in [5, 5.41) is 4.05. The zero-order chi connectivity index (χ0) is 21.7. The van der Waals surface area contributed by atoms with E-state index in [0.29, 0.717) is 18.1 Å². The van der Waals surface area contributed by atoms with Crippen LogP contribution in [0.4, 0.5) is 0 Å². The molecule has 160 valence electrons. The Kier molecular flexibility index (Phi) is 8.67. The highest BCUT2D eigenvalue weighted by molar-refractivity contribution is 5.79. The molecule has 0 amide bonds. The van der Waals surface area contributed by atoms with Crippen molar-refractivity contribution in [3.63, 3.8) is 0 Å². The smallest absolute Gasteiger partial charge is 0.142 e.